The van der Waals surface area contributed by atoms with Gasteiger partial charge in [0.2, 0.25) is 11.8 Å². The first-order valence-electron chi connectivity index (χ1n) is 5.99. The molecule has 112 valence electrons. The number of aromatic nitrogens is 2. The lowest BCUT2D eigenvalue weighted by atomic mass is 10.3. The van der Waals surface area contributed by atoms with E-state index in [1.807, 2.05) is 0 Å². The van der Waals surface area contributed by atoms with E-state index in [0.29, 0.717) is 11.9 Å². The highest BCUT2D eigenvalue weighted by Crippen LogP contribution is 2.35. The van der Waals surface area contributed by atoms with Crippen LogP contribution in [0.5, 0.6) is 5.88 Å². The van der Waals surface area contributed by atoms with Gasteiger partial charge < -0.3 is 10.1 Å². The van der Waals surface area contributed by atoms with Gasteiger partial charge in [0.05, 0.1) is 6.61 Å². The van der Waals surface area contributed by atoms with Gasteiger partial charge in [0.25, 0.3) is 0 Å². The first-order chi connectivity index (χ1) is 9.90. The number of ether oxygens (including phenoxy) is 1. The third-order valence-electron chi connectivity index (χ3n) is 2.44. The van der Waals surface area contributed by atoms with Crippen LogP contribution >= 0.6 is 15.9 Å². The van der Waals surface area contributed by atoms with Gasteiger partial charge in [-0.1, -0.05) is 15.9 Å². The van der Waals surface area contributed by atoms with E-state index in [9.17, 15) is 13.2 Å². The smallest absolute Gasteiger partial charge is 0.423 e. The summed E-state index contributed by atoms with van der Waals surface area (Å²) in [5.74, 6) is -0.451. The summed E-state index contributed by atoms with van der Waals surface area (Å²) < 4.78 is 44.2. The monoisotopic (exact) mass is 361 g/mol. The minimum Gasteiger partial charge on any atom is -0.477 e. The van der Waals surface area contributed by atoms with Gasteiger partial charge in [-0.25, -0.2) is 4.98 Å². The largest absolute Gasteiger partial charge is 0.477 e. The summed E-state index contributed by atoms with van der Waals surface area (Å²) in [7, 11) is 0. The highest BCUT2D eigenvalue weighted by molar-refractivity contribution is 9.10. The molecular weight excluding hydrogens is 351 g/mol. The summed E-state index contributed by atoms with van der Waals surface area (Å²) in [5.41, 5.74) is -0.342. The normalized spacial score (nSPS) is 11.3. The standard InChI is InChI=1S/C13H11BrF3N3O/c1-2-21-11-10(13(15,16)17)7-18-12(20-11)19-9-5-3-8(14)4-6-9/h3-7H,2H2,1H3,(H,18,19,20). The van der Waals surface area contributed by atoms with Crippen molar-refractivity contribution < 1.29 is 17.9 Å². The number of hydrogen-bond acceptors (Lipinski definition) is 4. The zero-order chi connectivity index (χ0) is 15.5. The molecule has 0 unspecified atom stereocenters. The maximum Gasteiger partial charge on any atom is 0.423 e. The van der Waals surface area contributed by atoms with E-state index in [0.717, 1.165) is 4.47 Å². The second kappa shape index (κ2) is 6.30. The number of alkyl halides is 3. The molecule has 21 heavy (non-hydrogen) atoms. The van der Waals surface area contributed by atoms with Crippen LogP contribution in [0.2, 0.25) is 0 Å². The van der Waals surface area contributed by atoms with Crippen LogP contribution in [0.4, 0.5) is 24.8 Å². The van der Waals surface area contributed by atoms with Gasteiger partial charge in [-0.05, 0) is 31.2 Å². The van der Waals surface area contributed by atoms with Crippen LogP contribution in [-0.2, 0) is 6.18 Å². The quantitative estimate of drug-likeness (QED) is 0.876. The molecule has 4 nitrogen and oxygen atoms in total. The first-order valence-corrected chi connectivity index (χ1v) is 6.79. The lowest BCUT2D eigenvalue weighted by molar-refractivity contribution is -0.139. The summed E-state index contributed by atoms with van der Waals surface area (Å²) >= 11 is 3.29. The predicted molar refractivity (Wildman–Crippen MR) is 75.6 cm³/mol. The molecule has 1 heterocycles. The summed E-state index contributed by atoms with van der Waals surface area (Å²) in [6, 6.07) is 7.06. The number of nitrogens with one attached hydrogen (secondary N) is 1. The van der Waals surface area contributed by atoms with E-state index < -0.39 is 17.6 Å². The highest BCUT2D eigenvalue weighted by atomic mass is 79.9. The van der Waals surface area contributed by atoms with Crippen molar-refractivity contribution in [1.29, 1.82) is 0 Å². The van der Waals surface area contributed by atoms with E-state index in [-0.39, 0.29) is 12.6 Å². The fraction of sp³-hybridized carbons (Fsp3) is 0.231. The zero-order valence-corrected chi connectivity index (χ0v) is 12.5. The van der Waals surface area contributed by atoms with Crippen molar-refractivity contribution in [2.75, 3.05) is 11.9 Å². The molecule has 0 aliphatic heterocycles. The van der Waals surface area contributed by atoms with Gasteiger partial charge >= 0.3 is 6.18 Å². The van der Waals surface area contributed by atoms with Crippen LogP contribution in [0.25, 0.3) is 0 Å². The minimum absolute atomic E-state index is 0.0359. The molecular formula is C13H11BrF3N3O. The van der Waals surface area contributed by atoms with Gasteiger partial charge in [-0.2, -0.15) is 18.2 Å². The number of halogens is 4. The molecule has 1 N–H and O–H groups in total. The van der Waals surface area contributed by atoms with Crippen LogP contribution in [-0.4, -0.2) is 16.6 Å². The molecule has 8 heteroatoms. The molecule has 0 saturated carbocycles. The van der Waals surface area contributed by atoms with E-state index >= 15 is 0 Å². The molecule has 0 bridgehead atoms. The van der Waals surface area contributed by atoms with Gasteiger partial charge in [-0.3, -0.25) is 0 Å². The maximum absolute atomic E-state index is 12.8. The van der Waals surface area contributed by atoms with Crippen LogP contribution in [0.1, 0.15) is 12.5 Å². The molecule has 0 radical (unpaired) electrons. The number of nitrogens with zero attached hydrogens (tertiary/aromatic N) is 2. The Hall–Kier alpha value is -1.83. The Bertz CT molecular complexity index is 617. The van der Waals surface area contributed by atoms with Crippen molar-refractivity contribution in [3.63, 3.8) is 0 Å². The third kappa shape index (κ3) is 4.07. The summed E-state index contributed by atoms with van der Waals surface area (Å²) in [5, 5.41) is 2.82. The van der Waals surface area contributed by atoms with Gasteiger partial charge in [-0.15, -0.1) is 0 Å². The molecule has 0 saturated heterocycles. The fourth-order valence-corrected chi connectivity index (χ4v) is 1.79. The fourth-order valence-electron chi connectivity index (χ4n) is 1.53. The average Bonchev–Trinajstić information content (AvgIpc) is 2.41. The zero-order valence-electron chi connectivity index (χ0n) is 10.9. The SMILES string of the molecule is CCOc1nc(Nc2ccc(Br)cc2)ncc1C(F)(F)F. The van der Waals surface area contributed by atoms with Gasteiger partial charge in [0, 0.05) is 16.4 Å². The Kier molecular flexibility index (Phi) is 4.66. The molecule has 2 aromatic rings. The molecule has 0 amide bonds. The van der Waals surface area contributed by atoms with E-state index in [2.05, 4.69) is 31.2 Å². The molecule has 0 atom stereocenters. The highest BCUT2D eigenvalue weighted by Gasteiger charge is 2.36. The molecule has 0 spiro atoms. The number of benzene rings is 1. The van der Waals surface area contributed by atoms with E-state index in [1.165, 1.54) is 0 Å². The summed E-state index contributed by atoms with van der Waals surface area (Å²) in [6.07, 6.45) is -3.85. The van der Waals surface area contributed by atoms with Gasteiger partial charge in [0.15, 0.2) is 0 Å². The van der Waals surface area contributed by atoms with E-state index in [1.54, 1.807) is 31.2 Å². The van der Waals surface area contributed by atoms with Crippen molar-refractivity contribution in [3.8, 4) is 5.88 Å². The Morgan fingerprint density at radius 3 is 2.48 bits per heavy atom. The average molecular weight is 362 g/mol. The van der Waals surface area contributed by atoms with Crippen LogP contribution in [0, 0.1) is 0 Å². The Morgan fingerprint density at radius 2 is 1.90 bits per heavy atom. The first kappa shape index (κ1) is 15.6. The second-order valence-electron chi connectivity index (χ2n) is 3.98. The molecule has 0 aliphatic rings. The van der Waals surface area contributed by atoms with Crippen molar-refractivity contribution >= 4 is 27.6 Å². The van der Waals surface area contributed by atoms with Crippen LogP contribution in [0.15, 0.2) is 34.9 Å². The lowest BCUT2D eigenvalue weighted by Crippen LogP contribution is -2.12. The van der Waals surface area contributed by atoms with Crippen LogP contribution < -0.4 is 10.1 Å². The predicted octanol–water partition coefficient (Wildman–Crippen LogP) is 4.40. The Balaban J connectivity index is 2.29. The van der Waals surface area contributed by atoms with Gasteiger partial charge in [0.1, 0.15) is 5.56 Å². The molecule has 0 aliphatic carbocycles. The topological polar surface area (TPSA) is 47.0 Å². The molecule has 2 rings (SSSR count). The molecule has 0 fully saturated rings. The number of rotatable bonds is 4. The number of hydrogen-bond donors (Lipinski definition) is 1. The lowest BCUT2D eigenvalue weighted by Gasteiger charge is -2.13. The molecule has 1 aromatic carbocycles. The van der Waals surface area contributed by atoms with Crippen molar-refractivity contribution in [2.24, 2.45) is 0 Å². The molecule has 1 aromatic heterocycles. The summed E-state index contributed by atoms with van der Waals surface area (Å²) in [6.45, 7) is 1.67. The third-order valence-corrected chi connectivity index (χ3v) is 2.97. The Labute approximate surface area is 127 Å². The van der Waals surface area contributed by atoms with E-state index in [4.69, 9.17) is 4.74 Å². The van der Waals surface area contributed by atoms with Crippen molar-refractivity contribution in [3.05, 3.63) is 40.5 Å². The second-order valence-corrected chi connectivity index (χ2v) is 4.89. The Morgan fingerprint density at radius 1 is 1.24 bits per heavy atom. The maximum atomic E-state index is 12.8. The van der Waals surface area contributed by atoms with Crippen LogP contribution in [0.3, 0.4) is 0 Å². The van der Waals surface area contributed by atoms with Crippen molar-refractivity contribution in [1.82, 2.24) is 9.97 Å². The van der Waals surface area contributed by atoms with Crippen molar-refractivity contribution in [2.45, 2.75) is 13.1 Å². The summed E-state index contributed by atoms with van der Waals surface area (Å²) in [4.78, 5) is 7.44. The minimum atomic E-state index is -4.55. The number of anilines is 2.